The molecule has 1 N–H and O–H groups in total. The molecule has 0 amide bonds. The molecule has 3 rings (SSSR count). The van der Waals surface area contributed by atoms with Crippen molar-refractivity contribution in [2.75, 3.05) is 5.32 Å². The molecular formula is C21H23NO2. The number of hydrogen-bond donors (Lipinski definition) is 1. The first kappa shape index (κ1) is 16.3. The zero-order valence-electron chi connectivity index (χ0n) is 14.6. The zero-order valence-corrected chi connectivity index (χ0v) is 14.6. The molecule has 3 heteroatoms. The van der Waals surface area contributed by atoms with Crippen LogP contribution >= 0.6 is 0 Å². The lowest BCUT2D eigenvalue weighted by Crippen LogP contribution is -2.06. The van der Waals surface area contributed by atoms with Crippen LogP contribution in [0.3, 0.4) is 0 Å². The Balaban J connectivity index is 1.90. The molecule has 0 atom stereocenters. The van der Waals surface area contributed by atoms with E-state index >= 15 is 0 Å². The van der Waals surface area contributed by atoms with Gasteiger partial charge in [-0.05, 0) is 54.2 Å². The minimum Gasteiger partial charge on any atom is -0.422 e. The largest absolute Gasteiger partial charge is 0.422 e. The van der Waals surface area contributed by atoms with Crippen LogP contribution in [0.2, 0.25) is 0 Å². The summed E-state index contributed by atoms with van der Waals surface area (Å²) in [6, 6.07) is 14.1. The molecule has 0 fully saturated rings. The van der Waals surface area contributed by atoms with Gasteiger partial charge in [0.25, 0.3) is 0 Å². The Morgan fingerprint density at radius 3 is 2.42 bits per heavy atom. The predicted octanol–water partition coefficient (Wildman–Crippen LogP) is 5.15. The maximum absolute atomic E-state index is 11.9. The van der Waals surface area contributed by atoms with E-state index in [1.165, 1.54) is 5.56 Å². The molecule has 0 aliphatic rings. The summed E-state index contributed by atoms with van der Waals surface area (Å²) in [5.41, 5.74) is 5.85. The number of anilines is 1. The Morgan fingerprint density at radius 1 is 1.04 bits per heavy atom. The van der Waals surface area contributed by atoms with E-state index in [9.17, 15) is 4.79 Å². The highest BCUT2D eigenvalue weighted by atomic mass is 16.4. The summed E-state index contributed by atoms with van der Waals surface area (Å²) in [4.78, 5) is 11.9. The van der Waals surface area contributed by atoms with Crippen LogP contribution < -0.4 is 10.9 Å². The van der Waals surface area contributed by atoms with Gasteiger partial charge in [-0.2, -0.15) is 0 Å². The summed E-state index contributed by atoms with van der Waals surface area (Å²) < 4.78 is 5.42. The fourth-order valence-corrected chi connectivity index (χ4v) is 2.85. The third-order valence-corrected chi connectivity index (χ3v) is 4.58. The van der Waals surface area contributed by atoms with Crippen LogP contribution in [0.5, 0.6) is 0 Å². The molecule has 0 aliphatic heterocycles. The Labute approximate surface area is 142 Å². The first-order valence-corrected chi connectivity index (χ1v) is 8.32. The molecule has 0 unspecified atom stereocenters. The van der Waals surface area contributed by atoms with Crippen molar-refractivity contribution in [1.29, 1.82) is 0 Å². The van der Waals surface area contributed by atoms with E-state index in [2.05, 4.69) is 49.5 Å². The second-order valence-electron chi connectivity index (χ2n) is 6.61. The lowest BCUT2D eigenvalue weighted by Gasteiger charge is -2.12. The van der Waals surface area contributed by atoms with E-state index in [1.807, 2.05) is 19.9 Å². The van der Waals surface area contributed by atoms with Crippen LogP contribution in [0.4, 0.5) is 5.69 Å². The second-order valence-corrected chi connectivity index (χ2v) is 6.61. The number of benzene rings is 2. The van der Waals surface area contributed by atoms with Gasteiger partial charge in [-0.15, -0.1) is 0 Å². The minimum absolute atomic E-state index is 0.303. The third kappa shape index (κ3) is 3.21. The molecule has 3 aromatic rings. The molecule has 1 heterocycles. The molecule has 0 bridgehead atoms. The van der Waals surface area contributed by atoms with Gasteiger partial charge in [0.05, 0.1) is 0 Å². The van der Waals surface area contributed by atoms with Gasteiger partial charge in [0.1, 0.15) is 5.58 Å². The maximum atomic E-state index is 11.9. The van der Waals surface area contributed by atoms with Gasteiger partial charge in [-0.1, -0.05) is 38.1 Å². The predicted molar refractivity (Wildman–Crippen MR) is 99.8 cm³/mol. The normalized spacial score (nSPS) is 11.2. The topological polar surface area (TPSA) is 42.2 Å². The molecule has 2 aromatic carbocycles. The zero-order chi connectivity index (χ0) is 17.3. The monoisotopic (exact) mass is 321 g/mol. The molecule has 124 valence electrons. The summed E-state index contributed by atoms with van der Waals surface area (Å²) >= 11 is 0. The number of nitrogens with one attached hydrogen (secondary N) is 1. The van der Waals surface area contributed by atoms with E-state index in [4.69, 9.17) is 4.42 Å². The highest BCUT2D eigenvalue weighted by Gasteiger charge is 2.09. The highest BCUT2D eigenvalue weighted by molar-refractivity contribution is 5.84. The number of aryl methyl sites for hydroxylation is 2. The van der Waals surface area contributed by atoms with Crippen LogP contribution in [0.25, 0.3) is 11.0 Å². The van der Waals surface area contributed by atoms with Crippen molar-refractivity contribution in [3.8, 4) is 0 Å². The van der Waals surface area contributed by atoms with Gasteiger partial charge in [0, 0.05) is 23.7 Å². The molecule has 0 radical (unpaired) electrons. The van der Waals surface area contributed by atoms with Crippen molar-refractivity contribution in [2.45, 2.75) is 40.2 Å². The van der Waals surface area contributed by atoms with E-state index < -0.39 is 0 Å². The average molecular weight is 321 g/mol. The Kier molecular flexibility index (Phi) is 4.43. The fourth-order valence-electron chi connectivity index (χ4n) is 2.85. The Morgan fingerprint density at radius 2 is 1.75 bits per heavy atom. The lowest BCUT2D eigenvalue weighted by atomic mass is 10.0. The van der Waals surface area contributed by atoms with Gasteiger partial charge in [0.2, 0.25) is 0 Å². The smallest absolute Gasteiger partial charge is 0.336 e. The lowest BCUT2D eigenvalue weighted by molar-refractivity contribution is 0.556. The van der Waals surface area contributed by atoms with Crippen LogP contribution in [-0.4, -0.2) is 0 Å². The second kappa shape index (κ2) is 6.52. The van der Waals surface area contributed by atoms with Crippen molar-refractivity contribution in [1.82, 2.24) is 0 Å². The van der Waals surface area contributed by atoms with Crippen molar-refractivity contribution in [3.05, 3.63) is 75.1 Å². The van der Waals surface area contributed by atoms with Crippen LogP contribution in [0.15, 0.2) is 51.7 Å². The van der Waals surface area contributed by atoms with Gasteiger partial charge in [-0.3, -0.25) is 0 Å². The molecule has 0 saturated heterocycles. The van der Waals surface area contributed by atoms with Crippen molar-refractivity contribution in [2.24, 2.45) is 0 Å². The quantitative estimate of drug-likeness (QED) is 0.676. The summed E-state index contributed by atoms with van der Waals surface area (Å²) in [5.74, 6) is 0.521. The minimum atomic E-state index is -0.303. The SMILES string of the molecule is Cc1ccc2c(CNc3ccc(C(C)C)cc3)cc(=O)oc2c1C. The average Bonchev–Trinajstić information content (AvgIpc) is 2.56. The first-order valence-electron chi connectivity index (χ1n) is 8.32. The van der Waals surface area contributed by atoms with E-state index in [1.54, 1.807) is 6.07 Å². The van der Waals surface area contributed by atoms with E-state index in [0.717, 1.165) is 27.8 Å². The van der Waals surface area contributed by atoms with Crippen LogP contribution in [0, 0.1) is 13.8 Å². The summed E-state index contributed by atoms with van der Waals surface area (Å²) in [6.45, 7) is 8.97. The summed E-state index contributed by atoms with van der Waals surface area (Å²) in [6.07, 6.45) is 0. The fraction of sp³-hybridized carbons (Fsp3) is 0.286. The number of fused-ring (bicyclic) bond motifs is 1. The van der Waals surface area contributed by atoms with Gasteiger partial charge < -0.3 is 9.73 Å². The van der Waals surface area contributed by atoms with Gasteiger partial charge in [0.15, 0.2) is 0 Å². The van der Waals surface area contributed by atoms with Crippen molar-refractivity contribution >= 4 is 16.7 Å². The van der Waals surface area contributed by atoms with Gasteiger partial charge >= 0.3 is 5.63 Å². The van der Waals surface area contributed by atoms with Crippen LogP contribution in [0.1, 0.15) is 42.0 Å². The third-order valence-electron chi connectivity index (χ3n) is 4.58. The van der Waals surface area contributed by atoms with Gasteiger partial charge in [-0.25, -0.2) is 4.79 Å². The standard InChI is InChI=1S/C21H23NO2/c1-13(2)16-6-8-18(9-7-16)22-12-17-11-20(23)24-21-15(4)14(3)5-10-19(17)21/h5-11,13,22H,12H2,1-4H3. The molecular weight excluding hydrogens is 298 g/mol. The molecule has 1 aromatic heterocycles. The number of hydrogen-bond acceptors (Lipinski definition) is 3. The van der Waals surface area contributed by atoms with Crippen molar-refractivity contribution in [3.63, 3.8) is 0 Å². The molecule has 0 spiro atoms. The molecule has 0 aliphatic carbocycles. The van der Waals surface area contributed by atoms with E-state index in [-0.39, 0.29) is 5.63 Å². The Hall–Kier alpha value is -2.55. The molecule has 0 saturated carbocycles. The summed E-state index contributed by atoms with van der Waals surface area (Å²) in [7, 11) is 0. The highest BCUT2D eigenvalue weighted by Crippen LogP contribution is 2.24. The van der Waals surface area contributed by atoms with E-state index in [0.29, 0.717) is 18.0 Å². The molecule has 3 nitrogen and oxygen atoms in total. The first-order chi connectivity index (χ1) is 11.5. The van der Waals surface area contributed by atoms with Crippen LogP contribution in [-0.2, 0) is 6.54 Å². The maximum Gasteiger partial charge on any atom is 0.336 e. The molecule has 24 heavy (non-hydrogen) atoms. The van der Waals surface area contributed by atoms with Crippen molar-refractivity contribution < 1.29 is 4.42 Å². The number of rotatable bonds is 4. The Bertz CT molecular complexity index is 921. The summed E-state index contributed by atoms with van der Waals surface area (Å²) in [5, 5.41) is 4.39.